The highest BCUT2D eigenvalue weighted by Gasteiger charge is 2.24. The van der Waals surface area contributed by atoms with Gasteiger partial charge in [-0.3, -0.25) is 9.59 Å². The maximum atomic E-state index is 12.8. The minimum atomic E-state index is -0.339. The quantitative estimate of drug-likeness (QED) is 0.854. The fourth-order valence-electron chi connectivity index (χ4n) is 2.61. The highest BCUT2D eigenvalue weighted by Crippen LogP contribution is 2.29. The first-order chi connectivity index (χ1) is 11.4. The first-order valence-electron chi connectivity index (χ1n) is 7.81. The van der Waals surface area contributed by atoms with Crippen molar-refractivity contribution < 1.29 is 14.3 Å². The number of hydrogen-bond acceptors (Lipinski definition) is 3. The third kappa shape index (κ3) is 4.16. The number of nitrogens with zero attached hydrogens (tertiary/aromatic N) is 1. The minimum Gasteiger partial charge on any atom is -0.495 e. The lowest BCUT2D eigenvalue weighted by Gasteiger charge is -2.23. The lowest BCUT2D eigenvalue weighted by atomic mass is 10.0. The van der Waals surface area contributed by atoms with Crippen molar-refractivity contribution in [2.45, 2.75) is 26.8 Å². The Morgan fingerprint density at radius 3 is 2.33 bits per heavy atom. The van der Waals surface area contributed by atoms with Crippen LogP contribution in [0.25, 0.3) is 0 Å². The van der Waals surface area contributed by atoms with Crippen LogP contribution in [0.3, 0.4) is 0 Å². The lowest BCUT2D eigenvalue weighted by Crippen LogP contribution is -2.29. The molecule has 6 heteroatoms. The zero-order valence-corrected chi connectivity index (χ0v) is 14.4. The standard InChI is InChI=1S/C18H23N3O3/c1-12(2)17(21-9-5-6-10-21)18(23)20-15-11-14(19-13(3)22)7-8-16(15)24-4/h5-12,17H,1-4H3,(H,19,22)(H,20,23). The number of benzene rings is 1. The molecule has 1 heterocycles. The predicted octanol–water partition coefficient (Wildman–Crippen LogP) is 3.29. The molecule has 128 valence electrons. The van der Waals surface area contributed by atoms with Crippen LogP contribution in [0.2, 0.25) is 0 Å². The highest BCUT2D eigenvalue weighted by molar-refractivity contribution is 5.97. The summed E-state index contributed by atoms with van der Waals surface area (Å²) in [5, 5.41) is 5.61. The molecule has 0 fully saturated rings. The molecule has 2 rings (SSSR count). The van der Waals surface area contributed by atoms with E-state index >= 15 is 0 Å². The Hall–Kier alpha value is -2.76. The average molecular weight is 329 g/mol. The smallest absolute Gasteiger partial charge is 0.247 e. The van der Waals surface area contributed by atoms with Crippen LogP contribution in [0.15, 0.2) is 42.7 Å². The summed E-state index contributed by atoms with van der Waals surface area (Å²) in [6.07, 6.45) is 3.74. The first-order valence-corrected chi connectivity index (χ1v) is 7.81. The summed E-state index contributed by atoms with van der Waals surface area (Å²) in [6.45, 7) is 5.42. The summed E-state index contributed by atoms with van der Waals surface area (Å²) in [4.78, 5) is 24.0. The summed E-state index contributed by atoms with van der Waals surface area (Å²) in [7, 11) is 1.54. The fraction of sp³-hybridized carbons (Fsp3) is 0.333. The van der Waals surface area contributed by atoms with Crippen molar-refractivity contribution in [1.29, 1.82) is 0 Å². The van der Waals surface area contributed by atoms with Gasteiger partial charge in [0.25, 0.3) is 0 Å². The van der Waals surface area contributed by atoms with E-state index in [0.717, 1.165) is 0 Å². The minimum absolute atomic E-state index is 0.113. The lowest BCUT2D eigenvalue weighted by molar-refractivity contribution is -0.120. The SMILES string of the molecule is COc1ccc(NC(C)=O)cc1NC(=O)C(C(C)C)n1cccc1. The fourth-order valence-corrected chi connectivity index (χ4v) is 2.61. The van der Waals surface area contributed by atoms with E-state index in [4.69, 9.17) is 4.74 Å². The van der Waals surface area contributed by atoms with Crippen molar-refractivity contribution in [2.75, 3.05) is 17.7 Å². The highest BCUT2D eigenvalue weighted by atomic mass is 16.5. The molecule has 1 aromatic heterocycles. The zero-order valence-electron chi connectivity index (χ0n) is 14.4. The number of ether oxygens (including phenoxy) is 1. The number of nitrogens with one attached hydrogen (secondary N) is 2. The van der Waals surface area contributed by atoms with Crippen LogP contribution in [-0.2, 0) is 9.59 Å². The van der Waals surface area contributed by atoms with Gasteiger partial charge in [-0.15, -0.1) is 0 Å². The molecule has 0 aliphatic carbocycles. The monoisotopic (exact) mass is 329 g/mol. The molecule has 1 atom stereocenters. The molecule has 2 aromatic rings. The number of aromatic nitrogens is 1. The van der Waals surface area contributed by atoms with Crippen molar-refractivity contribution in [1.82, 2.24) is 4.57 Å². The van der Waals surface area contributed by atoms with Crippen LogP contribution in [0.1, 0.15) is 26.8 Å². The van der Waals surface area contributed by atoms with E-state index in [0.29, 0.717) is 17.1 Å². The van der Waals surface area contributed by atoms with Gasteiger partial charge in [-0.1, -0.05) is 13.8 Å². The molecule has 0 spiro atoms. The molecule has 1 aromatic carbocycles. The maximum Gasteiger partial charge on any atom is 0.247 e. The van der Waals surface area contributed by atoms with Crippen LogP contribution in [0, 0.1) is 5.92 Å². The number of carbonyl (C=O) groups is 2. The second-order valence-corrected chi connectivity index (χ2v) is 5.90. The Morgan fingerprint density at radius 2 is 1.79 bits per heavy atom. The number of rotatable bonds is 6. The Balaban J connectivity index is 2.27. The molecule has 0 aliphatic rings. The Kier molecular flexibility index (Phi) is 5.63. The van der Waals surface area contributed by atoms with E-state index in [9.17, 15) is 9.59 Å². The van der Waals surface area contributed by atoms with Crippen LogP contribution in [0.4, 0.5) is 11.4 Å². The van der Waals surface area contributed by atoms with Crippen molar-refractivity contribution in [3.8, 4) is 5.75 Å². The van der Waals surface area contributed by atoms with E-state index < -0.39 is 0 Å². The topological polar surface area (TPSA) is 72.4 Å². The third-order valence-corrected chi connectivity index (χ3v) is 3.63. The van der Waals surface area contributed by atoms with Gasteiger partial charge in [0.15, 0.2) is 0 Å². The van der Waals surface area contributed by atoms with Gasteiger partial charge in [-0.2, -0.15) is 0 Å². The van der Waals surface area contributed by atoms with Crippen molar-refractivity contribution in [3.05, 3.63) is 42.7 Å². The van der Waals surface area contributed by atoms with Crippen LogP contribution in [0.5, 0.6) is 5.75 Å². The van der Waals surface area contributed by atoms with E-state index in [1.807, 2.05) is 42.9 Å². The molecule has 0 aliphatic heterocycles. The number of hydrogen-bond donors (Lipinski definition) is 2. The summed E-state index contributed by atoms with van der Waals surface area (Å²) < 4.78 is 7.18. The van der Waals surface area contributed by atoms with Gasteiger partial charge in [0.05, 0.1) is 12.8 Å². The third-order valence-electron chi connectivity index (χ3n) is 3.63. The summed E-state index contributed by atoms with van der Waals surface area (Å²) in [5.41, 5.74) is 1.12. The molecule has 2 N–H and O–H groups in total. The molecule has 0 saturated carbocycles. The first kappa shape index (κ1) is 17.6. The maximum absolute atomic E-state index is 12.8. The molecule has 0 saturated heterocycles. The number of anilines is 2. The van der Waals surface area contributed by atoms with Gasteiger partial charge in [0.1, 0.15) is 11.8 Å². The molecule has 2 amide bonds. The Labute approximate surface area is 141 Å². The largest absolute Gasteiger partial charge is 0.495 e. The van der Waals surface area contributed by atoms with E-state index in [1.165, 1.54) is 14.0 Å². The van der Waals surface area contributed by atoms with Gasteiger partial charge in [-0.05, 0) is 36.2 Å². The Bertz CT molecular complexity index is 708. The summed E-state index contributed by atoms with van der Waals surface area (Å²) in [6, 6.07) is 8.56. The van der Waals surface area contributed by atoms with Gasteiger partial charge < -0.3 is 19.9 Å². The Morgan fingerprint density at radius 1 is 1.12 bits per heavy atom. The molecule has 6 nitrogen and oxygen atoms in total. The van der Waals surface area contributed by atoms with Crippen LogP contribution in [-0.4, -0.2) is 23.5 Å². The van der Waals surface area contributed by atoms with Crippen LogP contribution >= 0.6 is 0 Å². The van der Waals surface area contributed by atoms with E-state index in [1.54, 1.807) is 18.2 Å². The van der Waals surface area contributed by atoms with Crippen molar-refractivity contribution >= 4 is 23.2 Å². The van der Waals surface area contributed by atoms with Gasteiger partial charge in [0.2, 0.25) is 11.8 Å². The molecule has 24 heavy (non-hydrogen) atoms. The van der Waals surface area contributed by atoms with Crippen molar-refractivity contribution in [3.63, 3.8) is 0 Å². The molecule has 0 bridgehead atoms. The van der Waals surface area contributed by atoms with Gasteiger partial charge in [-0.25, -0.2) is 0 Å². The zero-order chi connectivity index (χ0) is 17.7. The second kappa shape index (κ2) is 7.68. The van der Waals surface area contributed by atoms with Gasteiger partial charge in [0, 0.05) is 25.0 Å². The van der Waals surface area contributed by atoms with Gasteiger partial charge >= 0.3 is 0 Å². The van der Waals surface area contributed by atoms with Crippen molar-refractivity contribution in [2.24, 2.45) is 5.92 Å². The summed E-state index contributed by atoms with van der Waals surface area (Å²) in [5.74, 6) is 0.332. The van der Waals surface area contributed by atoms with E-state index in [-0.39, 0.29) is 23.8 Å². The number of methoxy groups -OCH3 is 1. The molecular weight excluding hydrogens is 306 g/mol. The molecular formula is C18H23N3O3. The second-order valence-electron chi connectivity index (χ2n) is 5.90. The number of amides is 2. The summed E-state index contributed by atoms with van der Waals surface area (Å²) >= 11 is 0. The van der Waals surface area contributed by atoms with Crippen LogP contribution < -0.4 is 15.4 Å². The van der Waals surface area contributed by atoms with E-state index in [2.05, 4.69) is 10.6 Å². The molecule has 0 radical (unpaired) electrons. The average Bonchev–Trinajstić information content (AvgIpc) is 3.00. The number of carbonyl (C=O) groups excluding carboxylic acids is 2. The normalized spacial score (nSPS) is 11.9. The molecule has 1 unspecified atom stereocenters. The predicted molar refractivity (Wildman–Crippen MR) is 94.2 cm³/mol.